The number of carbonyl (C=O) groups excluding carboxylic acids is 1. The number of nitrogens with zero attached hydrogens (tertiary/aromatic N) is 3. The Hall–Kier alpha value is -2.08. The number of urea groups is 1. The molecule has 2 aromatic rings. The van der Waals surface area contributed by atoms with Gasteiger partial charge in [-0.05, 0) is 38.5 Å². The highest BCUT2D eigenvalue weighted by molar-refractivity contribution is 5.92. The summed E-state index contributed by atoms with van der Waals surface area (Å²) in [6, 6.07) is 5.82. The number of aromatic nitrogens is 2. The lowest BCUT2D eigenvalue weighted by Crippen LogP contribution is -2.33. The van der Waals surface area contributed by atoms with E-state index in [4.69, 9.17) is 0 Å². The fraction of sp³-hybridized carbons (Fsp3) is 0.467. The van der Waals surface area contributed by atoms with Crippen LogP contribution in [0.25, 0.3) is 10.9 Å². The van der Waals surface area contributed by atoms with Gasteiger partial charge in [-0.2, -0.15) is 5.10 Å². The van der Waals surface area contributed by atoms with Crippen LogP contribution >= 0.6 is 0 Å². The topological polar surface area (TPSA) is 70.4 Å². The zero-order valence-corrected chi connectivity index (χ0v) is 12.3. The molecule has 1 aromatic heterocycles. The van der Waals surface area contributed by atoms with Crippen molar-refractivity contribution >= 4 is 22.6 Å². The molecule has 2 N–H and O–H groups in total. The number of hydrogen-bond donors (Lipinski definition) is 2. The van der Waals surface area contributed by atoms with Crippen LogP contribution < -0.4 is 5.32 Å². The van der Waals surface area contributed by atoms with Crippen LogP contribution in [0.2, 0.25) is 0 Å². The van der Waals surface area contributed by atoms with Gasteiger partial charge in [-0.3, -0.25) is 4.68 Å². The van der Waals surface area contributed by atoms with Crippen molar-refractivity contribution < 1.29 is 9.90 Å². The first-order chi connectivity index (χ1) is 10.0. The second-order valence-corrected chi connectivity index (χ2v) is 5.80. The fourth-order valence-electron chi connectivity index (χ4n) is 2.52. The van der Waals surface area contributed by atoms with E-state index in [-0.39, 0.29) is 6.03 Å². The molecular formula is C15H20N4O2. The Morgan fingerprint density at radius 3 is 2.95 bits per heavy atom. The normalized spacial score (nSPS) is 18.7. The molecule has 0 spiro atoms. The van der Waals surface area contributed by atoms with Crippen LogP contribution in [-0.2, 0) is 0 Å². The molecule has 1 aromatic carbocycles. The van der Waals surface area contributed by atoms with Gasteiger partial charge in [0.15, 0.2) is 0 Å². The summed E-state index contributed by atoms with van der Waals surface area (Å²) in [7, 11) is 0. The van der Waals surface area contributed by atoms with Gasteiger partial charge in [-0.15, -0.1) is 0 Å². The van der Waals surface area contributed by atoms with E-state index in [1.807, 2.05) is 29.1 Å². The van der Waals surface area contributed by atoms with Crippen molar-refractivity contribution in [1.29, 1.82) is 0 Å². The average Bonchev–Trinajstić information content (AvgIpc) is 3.04. The summed E-state index contributed by atoms with van der Waals surface area (Å²) in [6.07, 6.45) is 2.23. The first kappa shape index (κ1) is 13.9. The zero-order chi connectivity index (χ0) is 15.0. The number of carbonyl (C=O) groups is 1. The van der Waals surface area contributed by atoms with Gasteiger partial charge >= 0.3 is 6.03 Å². The van der Waals surface area contributed by atoms with E-state index in [1.165, 1.54) is 0 Å². The minimum atomic E-state index is -0.400. The Kier molecular flexibility index (Phi) is 3.55. The third-order valence-corrected chi connectivity index (χ3v) is 3.75. The molecule has 0 unspecified atom stereocenters. The first-order valence-electron chi connectivity index (χ1n) is 7.26. The van der Waals surface area contributed by atoms with Crippen LogP contribution in [0.15, 0.2) is 24.4 Å². The molecule has 1 fully saturated rings. The Labute approximate surface area is 123 Å². The van der Waals surface area contributed by atoms with E-state index in [2.05, 4.69) is 24.3 Å². The number of benzene rings is 1. The third-order valence-electron chi connectivity index (χ3n) is 3.75. The molecule has 0 aliphatic carbocycles. The Bertz CT molecular complexity index is 665. The van der Waals surface area contributed by atoms with Crippen LogP contribution in [0.1, 0.15) is 26.3 Å². The lowest BCUT2D eigenvalue weighted by atomic mass is 10.2. The highest BCUT2D eigenvalue weighted by Crippen LogP contribution is 2.20. The molecule has 0 radical (unpaired) electrons. The summed E-state index contributed by atoms with van der Waals surface area (Å²) in [5.74, 6) is 0. The monoisotopic (exact) mass is 288 g/mol. The number of aliphatic hydroxyl groups excluding tert-OH is 1. The summed E-state index contributed by atoms with van der Waals surface area (Å²) in [4.78, 5) is 13.7. The molecule has 2 heterocycles. The van der Waals surface area contributed by atoms with Gasteiger partial charge in [0.2, 0.25) is 0 Å². The Balaban J connectivity index is 1.76. The maximum absolute atomic E-state index is 12.1. The highest BCUT2D eigenvalue weighted by atomic mass is 16.3. The number of amides is 2. The lowest BCUT2D eigenvalue weighted by Gasteiger charge is -2.16. The van der Waals surface area contributed by atoms with Crippen LogP contribution in [0.3, 0.4) is 0 Å². The molecule has 6 nitrogen and oxygen atoms in total. The van der Waals surface area contributed by atoms with E-state index >= 15 is 0 Å². The quantitative estimate of drug-likeness (QED) is 0.890. The van der Waals surface area contributed by atoms with Crippen molar-refractivity contribution in [1.82, 2.24) is 14.7 Å². The van der Waals surface area contributed by atoms with Gasteiger partial charge < -0.3 is 15.3 Å². The van der Waals surface area contributed by atoms with Crippen molar-refractivity contribution in [3.05, 3.63) is 24.4 Å². The first-order valence-corrected chi connectivity index (χ1v) is 7.26. The maximum Gasteiger partial charge on any atom is 0.321 e. The number of rotatable bonds is 2. The smallest absolute Gasteiger partial charge is 0.321 e. The third kappa shape index (κ3) is 2.85. The van der Waals surface area contributed by atoms with Crippen LogP contribution in [0, 0.1) is 0 Å². The van der Waals surface area contributed by atoms with Gasteiger partial charge in [-0.1, -0.05) is 0 Å². The molecule has 1 atom stereocenters. The van der Waals surface area contributed by atoms with E-state index < -0.39 is 6.10 Å². The lowest BCUT2D eigenvalue weighted by molar-refractivity contribution is 0.176. The molecule has 0 bridgehead atoms. The predicted molar refractivity (Wildman–Crippen MR) is 81.3 cm³/mol. The number of fused-ring (bicyclic) bond motifs is 1. The van der Waals surface area contributed by atoms with E-state index in [0.717, 1.165) is 16.6 Å². The summed E-state index contributed by atoms with van der Waals surface area (Å²) in [5.41, 5.74) is 1.66. The van der Waals surface area contributed by atoms with E-state index in [1.54, 1.807) is 4.90 Å². The summed E-state index contributed by atoms with van der Waals surface area (Å²) < 4.78 is 1.91. The highest BCUT2D eigenvalue weighted by Gasteiger charge is 2.24. The second kappa shape index (κ2) is 5.37. The maximum atomic E-state index is 12.1. The summed E-state index contributed by atoms with van der Waals surface area (Å²) >= 11 is 0. The predicted octanol–water partition coefficient (Wildman–Crippen LogP) is 2.22. The van der Waals surface area contributed by atoms with Crippen molar-refractivity contribution in [3.63, 3.8) is 0 Å². The standard InChI is InChI=1S/C15H20N4O2/c1-10(2)19-8-11-7-12(3-4-14(11)17-19)16-15(21)18-6-5-13(20)9-18/h3-4,7-8,10,13,20H,5-6,9H2,1-2H3,(H,16,21)/t13-/m0/s1. The van der Waals surface area contributed by atoms with Crippen LogP contribution in [-0.4, -0.2) is 45.0 Å². The summed E-state index contributed by atoms with van der Waals surface area (Å²) in [6.45, 7) is 5.15. The van der Waals surface area contributed by atoms with Crippen molar-refractivity contribution in [2.75, 3.05) is 18.4 Å². The molecule has 1 saturated heterocycles. The summed E-state index contributed by atoms with van der Waals surface area (Å²) in [5, 5.41) is 17.8. The molecule has 1 aliphatic rings. The minimum absolute atomic E-state index is 0.165. The number of nitrogens with one attached hydrogen (secondary N) is 1. The molecule has 21 heavy (non-hydrogen) atoms. The number of β-amino-alcohol motifs (C(OH)–C–C–N with tert-alkyl or cyclic N) is 1. The molecule has 3 rings (SSSR count). The van der Waals surface area contributed by atoms with Gasteiger partial charge in [0.05, 0.1) is 11.6 Å². The fourth-order valence-corrected chi connectivity index (χ4v) is 2.52. The van der Waals surface area contributed by atoms with Crippen molar-refractivity contribution in [3.8, 4) is 0 Å². The molecule has 0 saturated carbocycles. The average molecular weight is 288 g/mol. The van der Waals surface area contributed by atoms with Crippen LogP contribution in [0.5, 0.6) is 0 Å². The Morgan fingerprint density at radius 2 is 2.29 bits per heavy atom. The number of anilines is 1. The van der Waals surface area contributed by atoms with Crippen molar-refractivity contribution in [2.45, 2.75) is 32.4 Å². The molecule has 2 amide bonds. The number of aliphatic hydroxyl groups is 1. The largest absolute Gasteiger partial charge is 0.391 e. The SMILES string of the molecule is CC(C)n1cc2cc(NC(=O)N3CC[C@H](O)C3)ccc2n1. The minimum Gasteiger partial charge on any atom is -0.391 e. The molecular weight excluding hydrogens is 268 g/mol. The number of hydrogen-bond acceptors (Lipinski definition) is 3. The van der Waals surface area contributed by atoms with Crippen LogP contribution in [0.4, 0.5) is 10.5 Å². The van der Waals surface area contributed by atoms with Crippen molar-refractivity contribution in [2.24, 2.45) is 0 Å². The molecule has 112 valence electrons. The van der Waals surface area contributed by atoms with Gasteiger partial charge in [0, 0.05) is 36.4 Å². The van der Waals surface area contributed by atoms with Gasteiger partial charge in [0.1, 0.15) is 0 Å². The zero-order valence-electron chi connectivity index (χ0n) is 12.3. The molecule has 6 heteroatoms. The van der Waals surface area contributed by atoms with E-state index in [0.29, 0.717) is 25.6 Å². The van der Waals surface area contributed by atoms with E-state index in [9.17, 15) is 9.90 Å². The van der Waals surface area contributed by atoms with Gasteiger partial charge in [-0.25, -0.2) is 4.79 Å². The second-order valence-electron chi connectivity index (χ2n) is 5.80. The Morgan fingerprint density at radius 1 is 1.48 bits per heavy atom. The molecule has 1 aliphatic heterocycles. The van der Waals surface area contributed by atoms with Gasteiger partial charge in [0.25, 0.3) is 0 Å². The number of likely N-dealkylation sites (tertiary alicyclic amines) is 1.